The maximum Gasteiger partial charge on any atom is 1.00 e. The monoisotopic (exact) mass is 784 g/mol. The number of hydrogen-bond acceptors (Lipinski definition) is 11. The van der Waals surface area contributed by atoms with Gasteiger partial charge in [-0.15, -0.1) is 0 Å². The summed E-state index contributed by atoms with van der Waals surface area (Å²) in [4.78, 5) is 48.4. The molecule has 2 unspecified atom stereocenters. The Morgan fingerprint density at radius 1 is 0.804 bits per heavy atom. The molecule has 0 saturated carbocycles. The van der Waals surface area contributed by atoms with Crippen LogP contribution in [0.1, 0.15) is 45.2 Å². The summed E-state index contributed by atoms with van der Waals surface area (Å²) in [5.41, 5.74) is 1.65. The molecule has 276 valence electrons. The normalized spacial score (nSPS) is 18.5. The van der Waals surface area contributed by atoms with E-state index in [0.29, 0.717) is 0 Å². The maximum absolute atomic E-state index is 13.9. The Hall–Kier alpha value is -1.21. The summed E-state index contributed by atoms with van der Waals surface area (Å²) in [6, 6.07) is 18.2. The number of likely N-dealkylation sites (tertiary alicyclic amines) is 2. The van der Waals surface area contributed by atoms with Gasteiger partial charge in [0.15, 0.2) is 6.10 Å². The van der Waals surface area contributed by atoms with E-state index < -0.39 is 55.1 Å². The van der Waals surface area contributed by atoms with Gasteiger partial charge in [-0.3, -0.25) is 9.59 Å². The van der Waals surface area contributed by atoms with Crippen molar-refractivity contribution >= 4 is 24.6 Å². The van der Waals surface area contributed by atoms with Gasteiger partial charge in [-0.05, 0) is 17.5 Å². The molecule has 2 N–H and O–H groups in total. The molecule has 0 aromatic heterocycles. The number of esters is 1. The molecule has 0 radical (unpaired) electrons. The molecule has 4 rings (SSSR count). The largest absolute Gasteiger partial charge is 1.00 e. The van der Waals surface area contributed by atoms with Crippen molar-refractivity contribution in [1.29, 1.82) is 0 Å². The van der Waals surface area contributed by atoms with Gasteiger partial charge in [-0.1, -0.05) is 60.7 Å². The molecule has 2 fully saturated rings. The molecule has 0 bridgehead atoms. The standard InChI is InChI=1S/C16H19F2NO4.C14H17F2NO3.CH2O3.CH4O.2K.H/c1-12(20)23-14-7-9-19(10-8-16(14,17)18)15(21)22-11-13-5-3-2-4-6-13;15-14(16)7-9-17(8-6-12(14)18)13(19)20-10-11-4-2-1-3-5-11;2-1-4-3;1-2;;;/h2-6,14H,7-11H2,1H3;1-5,12,18H,6-10H2;1,3H;2H,1H3;;;/q;;;;2*+1;-1/p-1. The number of alkyl halides is 4. The van der Waals surface area contributed by atoms with Crippen LogP contribution in [0.15, 0.2) is 60.7 Å². The summed E-state index contributed by atoms with van der Waals surface area (Å²) >= 11 is 0. The maximum atomic E-state index is 13.9. The van der Waals surface area contributed by atoms with E-state index in [-0.39, 0.29) is 163 Å². The number of rotatable bonds is 6. The van der Waals surface area contributed by atoms with Gasteiger partial charge in [0, 0.05) is 59.5 Å². The molecule has 2 amide bonds. The molecule has 2 aromatic carbocycles. The Morgan fingerprint density at radius 2 is 1.20 bits per heavy atom. The van der Waals surface area contributed by atoms with Crippen LogP contribution in [-0.4, -0.2) is 102 Å². The van der Waals surface area contributed by atoms with E-state index in [0.717, 1.165) is 25.2 Å². The molecule has 2 aromatic rings. The molecule has 2 heterocycles. The summed E-state index contributed by atoms with van der Waals surface area (Å²) in [6.07, 6.45) is -5.85. The van der Waals surface area contributed by atoms with Crippen molar-refractivity contribution in [3.05, 3.63) is 71.8 Å². The number of carbonyl (C=O) groups excluding carboxylic acids is 4. The van der Waals surface area contributed by atoms with Crippen LogP contribution in [0.25, 0.3) is 0 Å². The van der Waals surface area contributed by atoms with Crippen molar-refractivity contribution in [2.24, 2.45) is 0 Å². The third-order valence-electron chi connectivity index (χ3n) is 7.00. The minimum absolute atomic E-state index is 0. The van der Waals surface area contributed by atoms with Crippen LogP contribution >= 0.6 is 0 Å². The number of benzene rings is 2. The van der Waals surface area contributed by atoms with E-state index in [1.165, 1.54) is 9.80 Å². The second-order valence-electron chi connectivity index (χ2n) is 10.5. The molecule has 51 heavy (non-hydrogen) atoms. The summed E-state index contributed by atoms with van der Waals surface area (Å²) in [5, 5.41) is 24.7. The predicted octanol–water partition coefficient (Wildman–Crippen LogP) is -2.44. The van der Waals surface area contributed by atoms with E-state index in [1.54, 1.807) is 12.1 Å². The number of ether oxygens (including phenoxy) is 3. The molecular weight excluding hydrogens is 743 g/mol. The Balaban J connectivity index is -0.000000768. The number of halogens is 4. The number of aliphatic hydroxyl groups is 2. The second kappa shape index (κ2) is 28.3. The molecule has 19 heteroatoms. The fourth-order valence-corrected chi connectivity index (χ4v) is 4.42. The first-order valence-electron chi connectivity index (χ1n) is 15.0. The summed E-state index contributed by atoms with van der Waals surface area (Å²) in [6.45, 7) is 0.976. The molecule has 0 aliphatic carbocycles. The van der Waals surface area contributed by atoms with Crippen molar-refractivity contribution in [1.82, 2.24) is 9.80 Å². The zero-order chi connectivity index (χ0) is 36.9. The predicted molar refractivity (Wildman–Crippen MR) is 163 cm³/mol. The zero-order valence-electron chi connectivity index (χ0n) is 30.1. The SMILES string of the molecule is CC(=O)OC1CCN(C(=O)OCc2ccccc2)CCC1(F)F.CO.O=C(OCc1ccccc1)N1CCC(O)C(F)(F)CC1.O=CO[O-].[H-].[K+].[K+]. The number of carbonyl (C=O) groups is 4. The topological polar surface area (TPSA) is 175 Å². The Labute approximate surface area is 380 Å². The van der Waals surface area contributed by atoms with E-state index in [2.05, 4.69) is 9.62 Å². The summed E-state index contributed by atoms with van der Waals surface area (Å²) in [5.74, 6) is -7.05. The van der Waals surface area contributed by atoms with Crippen molar-refractivity contribution in [2.75, 3.05) is 33.3 Å². The first-order valence-corrected chi connectivity index (χ1v) is 15.0. The average Bonchev–Trinajstić information content (AvgIpc) is 3.34. The van der Waals surface area contributed by atoms with Gasteiger partial charge < -0.3 is 45.8 Å². The number of nitrogens with zero attached hydrogens (tertiary/aromatic N) is 2. The molecule has 2 atom stereocenters. The first kappa shape index (κ1) is 51.9. The van der Waals surface area contributed by atoms with Crippen LogP contribution in [0.3, 0.4) is 0 Å². The number of hydrogen-bond donors (Lipinski definition) is 2. The van der Waals surface area contributed by atoms with E-state index >= 15 is 0 Å². The quantitative estimate of drug-likeness (QED) is 0.0607. The van der Waals surface area contributed by atoms with Gasteiger partial charge in [0.25, 0.3) is 18.3 Å². The molecular formula is C32H42F4K2N2O11. The fourth-order valence-electron chi connectivity index (χ4n) is 4.42. The van der Waals surface area contributed by atoms with Crippen LogP contribution in [0, 0.1) is 0 Å². The molecule has 2 saturated heterocycles. The number of aliphatic hydroxyl groups excluding tert-OH is 2. The fraction of sp³-hybridized carbons (Fsp3) is 0.500. The Morgan fingerprint density at radius 3 is 1.59 bits per heavy atom. The smallest absolute Gasteiger partial charge is 1.00 e. The Kier molecular flexibility index (Phi) is 28.8. The first-order chi connectivity index (χ1) is 23.3. The Bertz CT molecular complexity index is 1280. The van der Waals surface area contributed by atoms with Crippen LogP contribution < -0.4 is 108 Å². The average molecular weight is 785 g/mol. The molecule has 0 spiro atoms. The van der Waals surface area contributed by atoms with E-state index in [1.807, 2.05) is 48.5 Å². The molecule has 2 aliphatic heterocycles. The van der Waals surface area contributed by atoms with E-state index in [4.69, 9.17) is 24.6 Å². The third kappa shape index (κ3) is 20.7. The van der Waals surface area contributed by atoms with Crippen LogP contribution in [0.5, 0.6) is 0 Å². The third-order valence-corrected chi connectivity index (χ3v) is 7.00. The van der Waals surface area contributed by atoms with Crippen LogP contribution in [-0.2, 0) is 41.9 Å². The van der Waals surface area contributed by atoms with Gasteiger partial charge >= 0.3 is 121 Å². The zero-order valence-corrected chi connectivity index (χ0v) is 35.3. The summed E-state index contributed by atoms with van der Waals surface area (Å²) in [7, 11) is 1.00. The van der Waals surface area contributed by atoms with Crippen LogP contribution in [0.4, 0.5) is 27.2 Å². The minimum atomic E-state index is -3.15. The minimum Gasteiger partial charge on any atom is -1.00 e. The van der Waals surface area contributed by atoms with Crippen molar-refractivity contribution < 1.29 is 176 Å². The second-order valence-corrected chi connectivity index (χ2v) is 10.5. The molecule has 13 nitrogen and oxygen atoms in total. The number of amides is 2. The van der Waals surface area contributed by atoms with Gasteiger partial charge in [0.2, 0.25) is 0 Å². The van der Waals surface area contributed by atoms with Crippen LogP contribution in [0.2, 0.25) is 0 Å². The summed E-state index contributed by atoms with van der Waals surface area (Å²) < 4.78 is 69.4. The van der Waals surface area contributed by atoms with Gasteiger partial charge in [-0.25, -0.2) is 27.2 Å². The van der Waals surface area contributed by atoms with Gasteiger partial charge in [-0.2, -0.15) is 0 Å². The van der Waals surface area contributed by atoms with Gasteiger partial charge in [0.05, 0.1) is 0 Å². The molecule has 2 aliphatic rings. The van der Waals surface area contributed by atoms with Crippen molar-refractivity contribution in [3.8, 4) is 0 Å². The van der Waals surface area contributed by atoms with Crippen molar-refractivity contribution in [3.63, 3.8) is 0 Å². The van der Waals surface area contributed by atoms with E-state index in [9.17, 15) is 37.1 Å². The van der Waals surface area contributed by atoms with Gasteiger partial charge in [0.1, 0.15) is 19.3 Å². The van der Waals surface area contributed by atoms with Crippen molar-refractivity contribution in [2.45, 2.75) is 69.9 Å².